The van der Waals surface area contributed by atoms with Gasteiger partial charge in [-0.2, -0.15) is 0 Å². The zero-order valence-corrected chi connectivity index (χ0v) is 20.5. The molecule has 0 aliphatic rings. The standard InChI is InChI=1S/C36H22N2/c1-2-8-24-21(7-1)13-14-22-15-16-23(19-29(22)24)30-20-31-26-10-4-6-12-33(26)38-36(31)34-27(30)17-18-28-25-9-3-5-11-32(25)37-35(28)34/h1-20,37-38H. The maximum atomic E-state index is 3.77. The van der Waals surface area contributed by atoms with E-state index >= 15 is 0 Å². The molecule has 0 saturated carbocycles. The van der Waals surface area contributed by atoms with Gasteiger partial charge in [-0.25, -0.2) is 0 Å². The van der Waals surface area contributed by atoms with Crippen molar-refractivity contribution in [2.75, 3.05) is 0 Å². The van der Waals surface area contributed by atoms with Crippen LogP contribution in [0.25, 0.3) is 87.1 Å². The number of aromatic amines is 2. The molecule has 2 aromatic heterocycles. The number of fused-ring (bicyclic) bond motifs is 12. The molecule has 0 amide bonds. The van der Waals surface area contributed by atoms with E-state index in [1.54, 1.807) is 0 Å². The number of hydrogen-bond donors (Lipinski definition) is 2. The minimum absolute atomic E-state index is 1.17. The maximum Gasteiger partial charge on any atom is 0.0566 e. The molecule has 2 N–H and O–H groups in total. The molecule has 176 valence electrons. The van der Waals surface area contributed by atoms with Crippen LogP contribution in [-0.4, -0.2) is 9.97 Å². The summed E-state index contributed by atoms with van der Waals surface area (Å²) in [6.45, 7) is 0. The van der Waals surface area contributed by atoms with Crippen molar-refractivity contribution in [2.24, 2.45) is 0 Å². The Morgan fingerprint density at radius 1 is 0.368 bits per heavy atom. The second-order valence-electron chi connectivity index (χ2n) is 10.3. The minimum Gasteiger partial charge on any atom is -0.354 e. The molecule has 9 rings (SSSR count). The first-order chi connectivity index (χ1) is 18.8. The van der Waals surface area contributed by atoms with Gasteiger partial charge in [0.05, 0.1) is 11.0 Å². The average molecular weight is 483 g/mol. The van der Waals surface area contributed by atoms with Gasteiger partial charge in [-0.3, -0.25) is 0 Å². The highest BCUT2D eigenvalue weighted by Crippen LogP contribution is 2.43. The highest BCUT2D eigenvalue weighted by Gasteiger charge is 2.17. The van der Waals surface area contributed by atoms with Gasteiger partial charge in [0.15, 0.2) is 0 Å². The van der Waals surface area contributed by atoms with E-state index in [0.29, 0.717) is 0 Å². The number of hydrogen-bond acceptors (Lipinski definition) is 0. The molecular formula is C36H22N2. The zero-order valence-electron chi connectivity index (χ0n) is 20.5. The van der Waals surface area contributed by atoms with Crippen LogP contribution in [0.2, 0.25) is 0 Å². The molecule has 9 aromatic rings. The lowest BCUT2D eigenvalue weighted by molar-refractivity contribution is 1.54. The van der Waals surface area contributed by atoms with Crippen molar-refractivity contribution in [1.29, 1.82) is 0 Å². The van der Waals surface area contributed by atoms with Gasteiger partial charge in [0.25, 0.3) is 0 Å². The quantitative estimate of drug-likeness (QED) is 0.218. The largest absolute Gasteiger partial charge is 0.354 e. The fourth-order valence-corrected chi connectivity index (χ4v) is 6.54. The lowest BCUT2D eigenvalue weighted by Gasteiger charge is -2.12. The van der Waals surface area contributed by atoms with Gasteiger partial charge in [0.2, 0.25) is 0 Å². The van der Waals surface area contributed by atoms with Gasteiger partial charge >= 0.3 is 0 Å². The third-order valence-electron chi connectivity index (χ3n) is 8.32. The van der Waals surface area contributed by atoms with Crippen molar-refractivity contribution in [3.05, 3.63) is 121 Å². The predicted molar refractivity (Wildman–Crippen MR) is 163 cm³/mol. The van der Waals surface area contributed by atoms with Crippen LogP contribution in [0.5, 0.6) is 0 Å². The van der Waals surface area contributed by atoms with Crippen LogP contribution >= 0.6 is 0 Å². The Hall–Kier alpha value is -5.08. The van der Waals surface area contributed by atoms with Crippen molar-refractivity contribution in [3.8, 4) is 11.1 Å². The van der Waals surface area contributed by atoms with Gasteiger partial charge in [0, 0.05) is 38.0 Å². The number of para-hydroxylation sites is 2. The summed E-state index contributed by atoms with van der Waals surface area (Å²) in [4.78, 5) is 7.54. The number of aromatic nitrogens is 2. The summed E-state index contributed by atoms with van der Waals surface area (Å²) in [5, 5.41) is 12.7. The SMILES string of the molecule is c1ccc2c(c1)ccc1ccc(-c3cc4c5ccccc5[nH]c4c4c3ccc3c5ccccc5[nH]c34)cc12. The Labute approximate surface area is 218 Å². The summed E-state index contributed by atoms with van der Waals surface area (Å²) in [5.41, 5.74) is 7.20. The Kier molecular flexibility index (Phi) is 3.82. The molecule has 0 radical (unpaired) electrons. The first-order valence-corrected chi connectivity index (χ1v) is 13.1. The molecule has 38 heavy (non-hydrogen) atoms. The predicted octanol–water partition coefficient (Wildman–Crippen LogP) is 10.1. The van der Waals surface area contributed by atoms with Gasteiger partial charge in [-0.1, -0.05) is 97.1 Å². The molecule has 0 aliphatic carbocycles. The summed E-state index contributed by atoms with van der Waals surface area (Å²) in [7, 11) is 0. The Balaban J connectivity index is 1.48. The maximum absolute atomic E-state index is 3.77. The van der Waals surface area contributed by atoms with Crippen molar-refractivity contribution in [1.82, 2.24) is 9.97 Å². The summed E-state index contributed by atoms with van der Waals surface area (Å²) >= 11 is 0. The number of rotatable bonds is 1. The Morgan fingerprint density at radius 2 is 0.947 bits per heavy atom. The molecule has 2 nitrogen and oxygen atoms in total. The zero-order chi connectivity index (χ0) is 24.8. The van der Waals surface area contributed by atoms with Gasteiger partial charge in [-0.05, 0) is 62.3 Å². The fraction of sp³-hybridized carbons (Fsp3) is 0. The van der Waals surface area contributed by atoms with Crippen molar-refractivity contribution in [2.45, 2.75) is 0 Å². The second kappa shape index (κ2) is 7.24. The molecule has 7 aromatic carbocycles. The van der Waals surface area contributed by atoms with E-state index in [1.165, 1.54) is 87.1 Å². The van der Waals surface area contributed by atoms with Crippen molar-refractivity contribution in [3.63, 3.8) is 0 Å². The molecule has 0 fully saturated rings. The monoisotopic (exact) mass is 482 g/mol. The van der Waals surface area contributed by atoms with E-state index in [2.05, 4.69) is 131 Å². The summed E-state index contributed by atoms with van der Waals surface area (Å²) in [6.07, 6.45) is 0. The van der Waals surface area contributed by atoms with E-state index in [-0.39, 0.29) is 0 Å². The fourth-order valence-electron chi connectivity index (χ4n) is 6.54. The molecule has 0 unspecified atom stereocenters. The van der Waals surface area contributed by atoms with E-state index in [4.69, 9.17) is 0 Å². The first-order valence-electron chi connectivity index (χ1n) is 13.1. The van der Waals surface area contributed by atoms with Gasteiger partial charge < -0.3 is 9.97 Å². The number of H-pyrrole nitrogens is 2. The third-order valence-corrected chi connectivity index (χ3v) is 8.32. The Bertz CT molecular complexity index is 2390. The topological polar surface area (TPSA) is 31.6 Å². The summed E-state index contributed by atoms with van der Waals surface area (Å²) < 4.78 is 0. The van der Waals surface area contributed by atoms with Crippen LogP contribution in [0.4, 0.5) is 0 Å². The second-order valence-corrected chi connectivity index (χ2v) is 10.3. The molecule has 0 bridgehead atoms. The highest BCUT2D eigenvalue weighted by molar-refractivity contribution is 6.29. The van der Waals surface area contributed by atoms with Crippen LogP contribution in [0.15, 0.2) is 121 Å². The van der Waals surface area contributed by atoms with Gasteiger partial charge in [0.1, 0.15) is 0 Å². The number of benzene rings is 7. The van der Waals surface area contributed by atoms with Crippen LogP contribution in [0.3, 0.4) is 0 Å². The molecular weight excluding hydrogens is 460 g/mol. The molecule has 0 atom stereocenters. The van der Waals surface area contributed by atoms with Crippen LogP contribution in [0.1, 0.15) is 0 Å². The highest BCUT2D eigenvalue weighted by atomic mass is 14.7. The lowest BCUT2D eigenvalue weighted by Crippen LogP contribution is -1.86. The van der Waals surface area contributed by atoms with E-state index in [1.807, 2.05) is 0 Å². The van der Waals surface area contributed by atoms with Crippen molar-refractivity contribution >= 4 is 75.9 Å². The molecule has 2 heterocycles. The molecule has 0 saturated heterocycles. The van der Waals surface area contributed by atoms with Gasteiger partial charge in [-0.15, -0.1) is 0 Å². The van der Waals surface area contributed by atoms with Crippen LogP contribution in [-0.2, 0) is 0 Å². The number of nitrogens with one attached hydrogen (secondary N) is 2. The van der Waals surface area contributed by atoms with Crippen molar-refractivity contribution < 1.29 is 0 Å². The van der Waals surface area contributed by atoms with Crippen LogP contribution in [0, 0.1) is 0 Å². The molecule has 0 aliphatic heterocycles. The van der Waals surface area contributed by atoms with E-state index < -0.39 is 0 Å². The smallest absolute Gasteiger partial charge is 0.0566 e. The third kappa shape index (κ3) is 2.61. The normalized spacial score (nSPS) is 12.2. The molecule has 2 heteroatoms. The lowest BCUT2D eigenvalue weighted by atomic mass is 9.91. The summed E-state index contributed by atoms with van der Waals surface area (Å²) in [6, 6.07) is 44.3. The van der Waals surface area contributed by atoms with E-state index in [9.17, 15) is 0 Å². The van der Waals surface area contributed by atoms with E-state index in [0.717, 1.165) is 0 Å². The average Bonchev–Trinajstić information content (AvgIpc) is 3.54. The first kappa shape index (κ1) is 20.0. The Morgan fingerprint density at radius 3 is 1.74 bits per heavy atom. The minimum atomic E-state index is 1.17. The molecule has 0 spiro atoms. The summed E-state index contributed by atoms with van der Waals surface area (Å²) in [5.74, 6) is 0. The van der Waals surface area contributed by atoms with Crippen LogP contribution < -0.4 is 0 Å².